The van der Waals surface area contributed by atoms with Crippen LogP contribution in [0.25, 0.3) is 65.1 Å². The lowest BCUT2D eigenvalue weighted by molar-refractivity contribution is 1.16. The Bertz CT molecular complexity index is 2130. The first-order valence-corrected chi connectivity index (χ1v) is 13.6. The molecule has 0 aliphatic carbocycles. The predicted octanol–water partition coefficient (Wildman–Crippen LogP) is 9.86. The summed E-state index contributed by atoms with van der Waals surface area (Å²) in [4.78, 5) is 0. The number of hydrogen-bond donors (Lipinski definition) is 0. The molecule has 8 rings (SSSR count). The average molecular weight is 543 g/mol. The smallest absolute Gasteiger partial charge is 0.0647 e. The molecule has 0 bridgehead atoms. The number of para-hydroxylation sites is 3. The number of hydrogen-bond acceptors (Lipinski definition) is 1. The van der Waals surface area contributed by atoms with Crippen molar-refractivity contribution in [3.63, 3.8) is 0 Å². The average Bonchev–Trinajstić information content (AvgIpc) is 3.58. The van der Waals surface area contributed by atoms with Crippen LogP contribution >= 0.6 is 27.3 Å². The van der Waals surface area contributed by atoms with Gasteiger partial charge in [0.15, 0.2) is 0 Å². The van der Waals surface area contributed by atoms with Crippen LogP contribution in [-0.2, 0) is 0 Å². The summed E-state index contributed by atoms with van der Waals surface area (Å²) in [6, 6.07) is 39.5. The van der Waals surface area contributed by atoms with Gasteiger partial charge in [-0.25, -0.2) is 0 Å². The summed E-state index contributed by atoms with van der Waals surface area (Å²) in [6.45, 7) is 0. The molecule has 0 amide bonds. The third-order valence-electron chi connectivity index (χ3n) is 7.26. The van der Waals surface area contributed by atoms with Crippen molar-refractivity contribution in [3.05, 3.63) is 119 Å². The predicted molar refractivity (Wildman–Crippen MR) is 158 cm³/mol. The Kier molecular flexibility index (Phi) is 4.28. The third kappa shape index (κ3) is 2.71. The lowest BCUT2D eigenvalue weighted by atomic mass is 10.1. The van der Waals surface area contributed by atoms with E-state index in [1.54, 1.807) is 11.3 Å². The molecule has 0 radical (unpaired) electrons. The second-order valence-electron chi connectivity index (χ2n) is 9.16. The molecule has 3 heterocycles. The van der Waals surface area contributed by atoms with Gasteiger partial charge in [0, 0.05) is 41.5 Å². The maximum Gasteiger partial charge on any atom is 0.0647 e. The molecule has 0 atom stereocenters. The lowest BCUT2D eigenvalue weighted by Crippen LogP contribution is -1.96. The summed E-state index contributed by atoms with van der Waals surface area (Å²) in [5.41, 5.74) is 7.27. The quantitative estimate of drug-likeness (QED) is 0.205. The number of aromatic nitrogens is 2. The Balaban J connectivity index is 1.59. The van der Waals surface area contributed by atoms with Crippen molar-refractivity contribution in [1.82, 2.24) is 9.13 Å². The third-order valence-corrected chi connectivity index (χ3v) is 8.88. The van der Waals surface area contributed by atoms with Crippen molar-refractivity contribution in [1.29, 1.82) is 0 Å². The number of rotatable bonds is 2. The highest BCUT2D eigenvalue weighted by atomic mass is 79.9. The SMILES string of the molecule is Brc1ccccc1-n1c2ccccc2c2cc3c4ccccc4n(-c4csc5ccccc45)c3cc21. The molecule has 0 aliphatic rings. The van der Waals surface area contributed by atoms with Crippen LogP contribution in [0.2, 0.25) is 0 Å². The molecule has 0 aliphatic heterocycles. The van der Waals surface area contributed by atoms with E-state index >= 15 is 0 Å². The Hall–Kier alpha value is -3.86. The highest BCUT2D eigenvalue weighted by Crippen LogP contribution is 2.42. The van der Waals surface area contributed by atoms with Gasteiger partial charge in [0.05, 0.1) is 33.4 Å². The van der Waals surface area contributed by atoms with Crippen LogP contribution in [0.1, 0.15) is 0 Å². The maximum absolute atomic E-state index is 3.82. The zero-order valence-electron chi connectivity index (χ0n) is 19.2. The lowest BCUT2D eigenvalue weighted by Gasteiger charge is -2.11. The van der Waals surface area contributed by atoms with E-state index in [1.165, 1.54) is 59.4 Å². The molecule has 3 aromatic heterocycles. The minimum absolute atomic E-state index is 1.08. The zero-order valence-corrected chi connectivity index (χ0v) is 21.6. The van der Waals surface area contributed by atoms with Crippen LogP contribution in [0, 0.1) is 0 Å². The summed E-state index contributed by atoms with van der Waals surface area (Å²) < 4.78 is 7.23. The molecule has 0 unspecified atom stereocenters. The molecule has 0 spiro atoms. The van der Waals surface area contributed by atoms with Gasteiger partial charge < -0.3 is 9.13 Å². The second kappa shape index (κ2) is 7.57. The van der Waals surface area contributed by atoms with Crippen LogP contribution in [-0.4, -0.2) is 9.13 Å². The Labute approximate surface area is 219 Å². The van der Waals surface area contributed by atoms with Crippen molar-refractivity contribution in [2.45, 2.75) is 0 Å². The number of benzene rings is 5. The van der Waals surface area contributed by atoms with Crippen molar-refractivity contribution in [3.8, 4) is 11.4 Å². The fourth-order valence-electron chi connectivity index (χ4n) is 5.72. The first-order valence-electron chi connectivity index (χ1n) is 12.0. The van der Waals surface area contributed by atoms with Gasteiger partial charge in [-0.15, -0.1) is 11.3 Å². The van der Waals surface area contributed by atoms with Gasteiger partial charge in [0.2, 0.25) is 0 Å². The normalized spacial score (nSPS) is 12.0. The second-order valence-corrected chi connectivity index (χ2v) is 10.9. The van der Waals surface area contributed by atoms with Gasteiger partial charge in [-0.2, -0.15) is 0 Å². The summed E-state index contributed by atoms with van der Waals surface area (Å²) in [7, 11) is 0. The molecule has 0 N–H and O–H groups in total. The molecule has 4 heteroatoms. The van der Waals surface area contributed by atoms with Gasteiger partial charge in [-0.3, -0.25) is 0 Å². The van der Waals surface area contributed by atoms with Gasteiger partial charge in [0.25, 0.3) is 0 Å². The van der Waals surface area contributed by atoms with E-state index in [2.05, 4.69) is 140 Å². The molecule has 0 saturated carbocycles. The van der Waals surface area contributed by atoms with Crippen LogP contribution in [0.15, 0.2) is 119 Å². The molecule has 0 fully saturated rings. The van der Waals surface area contributed by atoms with Crippen LogP contribution in [0.4, 0.5) is 0 Å². The van der Waals surface area contributed by atoms with Gasteiger partial charge >= 0.3 is 0 Å². The highest BCUT2D eigenvalue weighted by Gasteiger charge is 2.20. The van der Waals surface area contributed by atoms with Gasteiger partial charge in [0.1, 0.15) is 0 Å². The molecule has 8 aromatic rings. The topological polar surface area (TPSA) is 9.86 Å². The van der Waals surface area contributed by atoms with E-state index in [9.17, 15) is 0 Å². The molecule has 2 nitrogen and oxygen atoms in total. The van der Waals surface area contributed by atoms with E-state index in [-0.39, 0.29) is 0 Å². The molecular formula is C32H19BrN2S. The Morgan fingerprint density at radius 3 is 1.72 bits per heavy atom. The summed E-state index contributed by atoms with van der Waals surface area (Å²) in [5, 5.41) is 8.68. The molecule has 170 valence electrons. The van der Waals surface area contributed by atoms with Crippen LogP contribution < -0.4 is 0 Å². The van der Waals surface area contributed by atoms with E-state index in [0.29, 0.717) is 0 Å². The standard InChI is InChI=1S/C32H19BrN2S/c33-25-12-4-7-15-28(25)34-26-13-5-1-9-20(26)23-17-24-21-10-2-6-14-27(21)35(30(24)18-29(23)34)31-19-36-32-16-8-3-11-22(31)32/h1-19H. The molecular weight excluding hydrogens is 524 g/mol. The van der Waals surface area contributed by atoms with Crippen molar-refractivity contribution >= 4 is 81.0 Å². The monoisotopic (exact) mass is 542 g/mol. The van der Waals surface area contributed by atoms with E-state index in [0.717, 1.165) is 10.2 Å². The van der Waals surface area contributed by atoms with E-state index in [4.69, 9.17) is 0 Å². The number of nitrogens with zero attached hydrogens (tertiary/aromatic N) is 2. The molecule has 5 aromatic carbocycles. The van der Waals surface area contributed by atoms with Crippen molar-refractivity contribution < 1.29 is 0 Å². The first kappa shape index (κ1) is 20.3. The van der Waals surface area contributed by atoms with Gasteiger partial charge in [-0.1, -0.05) is 66.7 Å². The molecule has 0 saturated heterocycles. The van der Waals surface area contributed by atoms with Crippen LogP contribution in [0.5, 0.6) is 0 Å². The zero-order chi connectivity index (χ0) is 23.8. The van der Waals surface area contributed by atoms with E-state index < -0.39 is 0 Å². The Morgan fingerprint density at radius 2 is 1.03 bits per heavy atom. The summed E-state index contributed by atoms with van der Waals surface area (Å²) >= 11 is 5.62. The first-order chi connectivity index (χ1) is 17.8. The fraction of sp³-hybridized carbons (Fsp3) is 0. The van der Waals surface area contributed by atoms with Crippen molar-refractivity contribution in [2.75, 3.05) is 0 Å². The fourth-order valence-corrected chi connectivity index (χ4v) is 7.11. The number of halogens is 1. The minimum Gasteiger partial charge on any atom is -0.308 e. The number of thiophene rings is 1. The summed E-state index contributed by atoms with van der Waals surface area (Å²) in [5.74, 6) is 0. The van der Waals surface area contributed by atoms with Crippen molar-refractivity contribution in [2.24, 2.45) is 0 Å². The van der Waals surface area contributed by atoms with Crippen LogP contribution in [0.3, 0.4) is 0 Å². The van der Waals surface area contributed by atoms with E-state index in [1.807, 2.05) is 0 Å². The highest BCUT2D eigenvalue weighted by molar-refractivity contribution is 9.10. The largest absolute Gasteiger partial charge is 0.308 e. The Morgan fingerprint density at radius 1 is 0.472 bits per heavy atom. The number of fused-ring (bicyclic) bond motifs is 7. The molecule has 36 heavy (non-hydrogen) atoms. The van der Waals surface area contributed by atoms with Gasteiger partial charge in [-0.05, 0) is 58.4 Å². The maximum atomic E-state index is 3.82. The summed E-state index contributed by atoms with van der Waals surface area (Å²) in [6.07, 6.45) is 0. The minimum atomic E-state index is 1.08.